The molecule has 2 aromatic carbocycles. The molecule has 5 heteroatoms. The molecule has 1 aliphatic rings. The Labute approximate surface area is 159 Å². The minimum atomic E-state index is -0.0486. The lowest BCUT2D eigenvalue weighted by Gasteiger charge is -2.26. The van der Waals surface area contributed by atoms with Gasteiger partial charge in [-0.3, -0.25) is 9.69 Å². The van der Waals surface area contributed by atoms with E-state index in [0.29, 0.717) is 17.2 Å². The van der Waals surface area contributed by atoms with Crippen molar-refractivity contribution in [3.05, 3.63) is 70.8 Å². The average molecular weight is 372 g/mol. The summed E-state index contributed by atoms with van der Waals surface area (Å²) in [7, 11) is 0. The van der Waals surface area contributed by atoms with Crippen LogP contribution in [0.3, 0.4) is 0 Å². The van der Waals surface area contributed by atoms with E-state index in [9.17, 15) is 4.79 Å². The molecular formula is C21H22ClNO3. The van der Waals surface area contributed by atoms with E-state index in [1.807, 2.05) is 24.3 Å². The molecule has 0 atom stereocenters. The molecule has 0 N–H and O–H groups in total. The Balaban J connectivity index is 1.47. The van der Waals surface area contributed by atoms with Gasteiger partial charge in [0.2, 0.25) is 0 Å². The number of halogens is 1. The molecule has 26 heavy (non-hydrogen) atoms. The molecule has 0 amide bonds. The summed E-state index contributed by atoms with van der Waals surface area (Å²) in [6.45, 7) is 5.10. The van der Waals surface area contributed by atoms with Gasteiger partial charge in [-0.05, 0) is 48.0 Å². The number of hydrogen-bond donors (Lipinski definition) is 0. The van der Waals surface area contributed by atoms with Crippen molar-refractivity contribution in [3.63, 3.8) is 0 Å². The van der Waals surface area contributed by atoms with E-state index in [2.05, 4.69) is 4.90 Å². The summed E-state index contributed by atoms with van der Waals surface area (Å²) < 4.78 is 11.1. The summed E-state index contributed by atoms with van der Waals surface area (Å²) in [6, 6.07) is 14.6. The van der Waals surface area contributed by atoms with Crippen molar-refractivity contribution in [3.8, 4) is 5.75 Å². The minimum Gasteiger partial charge on any atom is -0.492 e. The van der Waals surface area contributed by atoms with Crippen molar-refractivity contribution < 1.29 is 14.3 Å². The highest BCUT2D eigenvalue weighted by molar-refractivity contribution is 6.30. The Morgan fingerprint density at radius 1 is 1.08 bits per heavy atom. The maximum absolute atomic E-state index is 12.1. The van der Waals surface area contributed by atoms with Crippen molar-refractivity contribution in [1.82, 2.24) is 4.90 Å². The quantitative estimate of drug-likeness (QED) is 0.545. The molecule has 1 aliphatic heterocycles. The molecule has 2 aromatic rings. The van der Waals surface area contributed by atoms with Gasteiger partial charge in [-0.25, -0.2) is 0 Å². The summed E-state index contributed by atoms with van der Waals surface area (Å²) in [5, 5.41) is 0.620. The van der Waals surface area contributed by atoms with Gasteiger partial charge >= 0.3 is 0 Å². The molecular weight excluding hydrogens is 350 g/mol. The first-order valence-corrected chi connectivity index (χ1v) is 9.09. The van der Waals surface area contributed by atoms with E-state index in [4.69, 9.17) is 21.1 Å². The predicted octanol–water partition coefficient (Wildman–Crippen LogP) is 3.95. The van der Waals surface area contributed by atoms with Gasteiger partial charge in [0.05, 0.1) is 13.2 Å². The fourth-order valence-corrected chi connectivity index (χ4v) is 2.80. The van der Waals surface area contributed by atoms with Crippen LogP contribution in [0.5, 0.6) is 5.75 Å². The summed E-state index contributed by atoms with van der Waals surface area (Å²) in [5.74, 6) is 0.784. The first-order valence-electron chi connectivity index (χ1n) is 8.72. The largest absolute Gasteiger partial charge is 0.492 e. The number of morpholine rings is 1. The minimum absolute atomic E-state index is 0.0486. The second kappa shape index (κ2) is 9.53. The maximum Gasteiger partial charge on any atom is 0.185 e. The molecule has 0 aliphatic carbocycles. The Kier molecular flexibility index (Phi) is 6.83. The van der Waals surface area contributed by atoms with Gasteiger partial charge in [-0.1, -0.05) is 29.8 Å². The van der Waals surface area contributed by atoms with Crippen LogP contribution in [0.1, 0.15) is 15.9 Å². The van der Waals surface area contributed by atoms with E-state index >= 15 is 0 Å². The summed E-state index contributed by atoms with van der Waals surface area (Å²) >= 11 is 5.83. The van der Waals surface area contributed by atoms with Crippen LogP contribution in [-0.2, 0) is 4.74 Å². The van der Waals surface area contributed by atoms with Gasteiger partial charge in [0.25, 0.3) is 0 Å². The Bertz CT molecular complexity index is 735. The van der Waals surface area contributed by atoms with Crippen molar-refractivity contribution in [1.29, 1.82) is 0 Å². The van der Waals surface area contributed by atoms with Gasteiger partial charge in [0, 0.05) is 30.2 Å². The summed E-state index contributed by atoms with van der Waals surface area (Å²) in [4.78, 5) is 14.5. The molecule has 0 unspecified atom stereocenters. The molecule has 3 rings (SSSR count). The van der Waals surface area contributed by atoms with Crippen LogP contribution in [0.4, 0.5) is 0 Å². The fourth-order valence-electron chi connectivity index (χ4n) is 2.67. The van der Waals surface area contributed by atoms with Crippen molar-refractivity contribution >= 4 is 23.5 Å². The van der Waals surface area contributed by atoms with E-state index in [1.54, 1.807) is 36.4 Å². The third-order valence-corrected chi connectivity index (χ3v) is 4.47. The molecule has 4 nitrogen and oxygen atoms in total. The molecule has 0 radical (unpaired) electrons. The molecule has 0 aromatic heterocycles. The highest BCUT2D eigenvalue weighted by atomic mass is 35.5. The van der Waals surface area contributed by atoms with Gasteiger partial charge < -0.3 is 9.47 Å². The first-order chi connectivity index (χ1) is 12.7. The molecule has 1 saturated heterocycles. The Hall–Kier alpha value is -2.14. The molecule has 0 spiro atoms. The number of hydrogen-bond acceptors (Lipinski definition) is 4. The molecule has 1 heterocycles. The number of benzene rings is 2. The van der Waals surface area contributed by atoms with Crippen LogP contribution >= 0.6 is 11.6 Å². The lowest BCUT2D eigenvalue weighted by molar-refractivity contribution is 0.0322. The van der Waals surface area contributed by atoms with Crippen molar-refractivity contribution in [2.45, 2.75) is 0 Å². The number of ether oxygens (including phenoxy) is 2. The normalized spacial score (nSPS) is 15.3. The zero-order valence-electron chi connectivity index (χ0n) is 14.6. The highest BCUT2D eigenvalue weighted by Gasteiger charge is 2.09. The van der Waals surface area contributed by atoms with E-state index in [1.165, 1.54) is 0 Å². The second-order valence-corrected chi connectivity index (χ2v) is 6.51. The highest BCUT2D eigenvalue weighted by Crippen LogP contribution is 2.15. The maximum atomic E-state index is 12.1. The van der Waals surface area contributed by atoms with Crippen LogP contribution in [0.25, 0.3) is 6.08 Å². The number of carbonyl (C=O) groups is 1. The van der Waals surface area contributed by atoms with Crippen LogP contribution in [0, 0.1) is 0 Å². The topological polar surface area (TPSA) is 38.8 Å². The molecule has 0 saturated carbocycles. The third kappa shape index (κ3) is 5.70. The van der Waals surface area contributed by atoms with Gasteiger partial charge in [0.1, 0.15) is 12.4 Å². The molecule has 1 fully saturated rings. The number of allylic oxidation sites excluding steroid dienone is 1. The van der Waals surface area contributed by atoms with E-state index in [-0.39, 0.29) is 5.78 Å². The lowest BCUT2D eigenvalue weighted by atomic mass is 10.1. The number of rotatable bonds is 7. The van der Waals surface area contributed by atoms with E-state index in [0.717, 1.165) is 44.2 Å². The van der Waals surface area contributed by atoms with E-state index < -0.39 is 0 Å². The number of nitrogens with zero attached hydrogens (tertiary/aromatic N) is 1. The smallest absolute Gasteiger partial charge is 0.185 e. The van der Waals surface area contributed by atoms with Crippen molar-refractivity contribution in [2.75, 3.05) is 39.5 Å². The van der Waals surface area contributed by atoms with Crippen LogP contribution < -0.4 is 4.74 Å². The van der Waals surface area contributed by atoms with Gasteiger partial charge in [0.15, 0.2) is 5.78 Å². The third-order valence-electron chi connectivity index (χ3n) is 4.22. The monoisotopic (exact) mass is 371 g/mol. The summed E-state index contributed by atoms with van der Waals surface area (Å²) in [6.07, 6.45) is 3.37. The zero-order chi connectivity index (χ0) is 18.2. The van der Waals surface area contributed by atoms with Gasteiger partial charge in [-0.2, -0.15) is 0 Å². The average Bonchev–Trinajstić information content (AvgIpc) is 2.68. The number of ketones is 1. The predicted molar refractivity (Wildman–Crippen MR) is 104 cm³/mol. The van der Waals surface area contributed by atoms with Crippen LogP contribution in [0.15, 0.2) is 54.6 Å². The second-order valence-electron chi connectivity index (χ2n) is 6.08. The van der Waals surface area contributed by atoms with Crippen molar-refractivity contribution in [2.24, 2.45) is 0 Å². The Morgan fingerprint density at radius 2 is 1.77 bits per heavy atom. The Morgan fingerprint density at radius 3 is 2.46 bits per heavy atom. The fraction of sp³-hybridized carbons (Fsp3) is 0.286. The number of carbonyl (C=O) groups excluding carboxylic acids is 1. The van der Waals surface area contributed by atoms with Gasteiger partial charge in [-0.15, -0.1) is 0 Å². The van der Waals surface area contributed by atoms with Crippen LogP contribution in [-0.4, -0.2) is 50.1 Å². The first kappa shape index (κ1) is 18.6. The lowest BCUT2D eigenvalue weighted by Crippen LogP contribution is -2.38. The van der Waals surface area contributed by atoms with Crippen LogP contribution in [0.2, 0.25) is 5.02 Å². The standard InChI is InChI=1S/C21H22ClNO3/c22-19-6-4-18(5-7-19)21(24)10-3-17-1-8-20(9-2-17)26-16-13-23-11-14-25-15-12-23/h1-10H,11-16H2/b10-3+. The summed E-state index contributed by atoms with van der Waals surface area (Å²) in [5.41, 5.74) is 1.57. The zero-order valence-corrected chi connectivity index (χ0v) is 15.3. The molecule has 136 valence electrons. The molecule has 0 bridgehead atoms. The SMILES string of the molecule is O=C(/C=C/c1ccc(OCCN2CCOCC2)cc1)c1ccc(Cl)cc1.